The van der Waals surface area contributed by atoms with E-state index < -0.39 is 0 Å². The molecule has 1 aromatic rings. The van der Waals surface area contributed by atoms with Gasteiger partial charge in [0.05, 0.1) is 0 Å². The smallest absolute Gasteiger partial charge is 0.138 e. The summed E-state index contributed by atoms with van der Waals surface area (Å²) in [6.45, 7) is 4.02. The summed E-state index contributed by atoms with van der Waals surface area (Å²) in [5.41, 5.74) is 0. The SMILES string of the molecule is CCCCCCNc1cc(=S)nc(C2CCCO2)[nH]1. The van der Waals surface area contributed by atoms with Crippen molar-refractivity contribution in [2.24, 2.45) is 0 Å². The molecule has 2 rings (SSSR count). The van der Waals surface area contributed by atoms with E-state index in [0.29, 0.717) is 4.64 Å². The molecular weight excluding hydrogens is 258 g/mol. The normalized spacial score (nSPS) is 18.7. The van der Waals surface area contributed by atoms with Crippen molar-refractivity contribution in [3.63, 3.8) is 0 Å². The highest BCUT2D eigenvalue weighted by Crippen LogP contribution is 2.26. The van der Waals surface area contributed by atoms with Crippen LogP contribution >= 0.6 is 12.2 Å². The molecule has 0 spiro atoms. The van der Waals surface area contributed by atoms with Gasteiger partial charge in [-0.25, -0.2) is 4.98 Å². The molecule has 0 aliphatic carbocycles. The summed E-state index contributed by atoms with van der Waals surface area (Å²) in [6.07, 6.45) is 7.24. The van der Waals surface area contributed by atoms with E-state index in [9.17, 15) is 0 Å². The predicted molar refractivity (Wildman–Crippen MR) is 80.0 cm³/mol. The maximum atomic E-state index is 5.64. The lowest BCUT2D eigenvalue weighted by atomic mass is 10.2. The largest absolute Gasteiger partial charge is 0.372 e. The fourth-order valence-corrected chi connectivity index (χ4v) is 2.51. The molecule has 19 heavy (non-hydrogen) atoms. The lowest BCUT2D eigenvalue weighted by Gasteiger charge is -2.12. The van der Waals surface area contributed by atoms with E-state index in [0.717, 1.165) is 37.6 Å². The van der Waals surface area contributed by atoms with Gasteiger partial charge in [0.25, 0.3) is 0 Å². The first-order valence-corrected chi connectivity index (χ1v) is 7.67. The molecule has 0 saturated carbocycles. The second-order valence-electron chi connectivity index (χ2n) is 5.01. The van der Waals surface area contributed by atoms with Crippen LogP contribution in [0.3, 0.4) is 0 Å². The molecule has 1 fully saturated rings. The van der Waals surface area contributed by atoms with Gasteiger partial charge >= 0.3 is 0 Å². The second kappa shape index (κ2) is 7.60. The fourth-order valence-electron chi connectivity index (χ4n) is 2.29. The zero-order chi connectivity index (χ0) is 13.5. The number of nitrogens with zero attached hydrogens (tertiary/aromatic N) is 1. The molecule has 1 aromatic heterocycles. The Morgan fingerprint density at radius 1 is 1.47 bits per heavy atom. The quantitative estimate of drug-likeness (QED) is 0.586. The molecule has 0 aromatic carbocycles. The van der Waals surface area contributed by atoms with Gasteiger partial charge in [0, 0.05) is 19.2 Å². The molecule has 106 valence electrons. The van der Waals surface area contributed by atoms with Gasteiger partial charge in [0.1, 0.15) is 22.4 Å². The highest BCUT2D eigenvalue weighted by molar-refractivity contribution is 7.71. The van der Waals surface area contributed by atoms with Gasteiger partial charge in [-0.3, -0.25) is 0 Å². The van der Waals surface area contributed by atoms with Crippen LogP contribution in [0.4, 0.5) is 5.82 Å². The van der Waals surface area contributed by atoms with Crippen LogP contribution in [0.15, 0.2) is 6.07 Å². The molecule has 5 heteroatoms. The average molecular weight is 281 g/mol. The van der Waals surface area contributed by atoms with Crippen molar-refractivity contribution in [1.82, 2.24) is 9.97 Å². The number of ether oxygens (including phenoxy) is 1. The topological polar surface area (TPSA) is 49.9 Å². The summed E-state index contributed by atoms with van der Waals surface area (Å²) in [7, 11) is 0. The van der Waals surface area contributed by atoms with Crippen LogP contribution in [0.1, 0.15) is 57.4 Å². The third kappa shape index (κ3) is 4.58. The second-order valence-corrected chi connectivity index (χ2v) is 5.43. The lowest BCUT2D eigenvalue weighted by Crippen LogP contribution is -2.08. The zero-order valence-corrected chi connectivity index (χ0v) is 12.4. The first kappa shape index (κ1) is 14.5. The minimum Gasteiger partial charge on any atom is -0.372 e. The Bertz CT molecular complexity index is 441. The molecule has 1 unspecified atom stereocenters. The summed E-state index contributed by atoms with van der Waals surface area (Å²) in [5, 5.41) is 3.39. The van der Waals surface area contributed by atoms with E-state index in [2.05, 4.69) is 22.2 Å². The van der Waals surface area contributed by atoms with Crippen LogP contribution in [-0.4, -0.2) is 23.1 Å². The third-order valence-electron chi connectivity index (χ3n) is 3.34. The van der Waals surface area contributed by atoms with E-state index in [1.165, 1.54) is 25.7 Å². The summed E-state index contributed by atoms with van der Waals surface area (Å²) in [5.74, 6) is 1.82. The molecule has 1 aliphatic rings. The highest BCUT2D eigenvalue weighted by Gasteiger charge is 2.19. The van der Waals surface area contributed by atoms with Gasteiger partial charge in [-0.2, -0.15) is 0 Å². The molecular formula is C14H23N3OS. The van der Waals surface area contributed by atoms with Crippen LogP contribution in [-0.2, 0) is 4.74 Å². The summed E-state index contributed by atoms with van der Waals surface area (Å²) in [6, 6.07) is 1.88. The van der Waals surface area contributed by atoms with Crippen LogP contribution in [0.25, 0.3) is 0 Å². The fraction of sp³-hybridized carbons (Fsp3) is 0.714. The first-order valence-electron chi connectivity index (χ1n) is 7.26. The van der Waals surface area contributed by atoms with Gasteiger partial charge in [-0.05, 0) is 19.3 Å². The molecule has 0 bridgehead atoms. The molecule has 1 aliphatic heterocycles. The van der Waals surface area contributed by atoms with Gasteiger partial charge < -0.3 is 15.0 Å². The highest BCUT2D eigenvalue weighted by atomic mass is 32.1. The van der Waals surface area contributed by atoms with Gasteiger partial charge in [-0.15, -0.1) is 0 Å². The van der Waals surface area contributed by atoms with Crippen LogP contribution in [0.2, 0.25) is 0 Å². The van der Waals surface area contributed by atoms with E-state index in [-0.39, 0.29) is 6.10 Å². The molecule has 0 radical (unpaired) electrons. The van der Waals surface area contributed by atoms with Crippen molar-refractivity contribution in [2.75, 3.05) is 18.5 Å². The Morgan fingerprint density at radius 3 is 3.11 bits per heavy atom. The summed E-state index contributed by atoms with van der Waals surface area (Å²) >= 11 is 5.22. The molecule has 1 saturated heterocycles. The molecule has 1 atom stereocenters. The Hall–Kier alpha value is -0.940. The van der Waals surface area contributed by atoms with Crippen LogP contribution in [0.5, 0.6) is 0 Å². The Kier molecular flexibility index (Phi) is 5.79. The van der Waals surface area contributed by atoms with Crippen molar-refractivity contribution in [2.45, 2.75) is 51.6 Å². The van der Waals surface area contributed by atoms with Crippen molar-refractivity contribution in [3.8, 4) is 0 Å². The van der Waals surface area contributed by atoms with E-state index in [1.807, 2.05) is 6.07 Å². The maximum Gasteiger partial charge on any atom is 0.138 e. The standard InChI is InChI=1S/C14H23N3OS/c1-2-3-4-5-8-15-12-10-13(19)17-14(16-12)11-7-6-9-18-11/h10-11H,2-9H2,1H3,(H2,15,16,17,19). The predicted octanol–water partition coefficient (Wildman–Crippen LogP) is 3.98. The van der Waals surface area contributed by atoms with Crippen LogP contribution < -0.4 is 5.32 Å². The number of rotatable bonds is 7. The zero-order valence-electron chi connectivity index (χ0n) is 11.6. The lowest BCUT2D eigenvalue weighted by molar-refractivity contribution is 0.105. The average Bonchev–Trinajstić information content (AvgIpc) is 2.92. The number of aromatic amines is 1. The number of unbranched alkanes of at least 4 members (excludes halogenated alkanes) is 3. The number of nitrogens with one attached hydrogen (secondary N) is 2. The van der Waals surface area contributed by atoms with E-state index in [1.54, 1.807) is 0 Å². The van der Waals surface area contributed by atoms with Crippen molar-refractivity contribution in [1.29, 1.82) is 0 Å². The minimum atomic E-state index is 0.0866. The number of aromatic nitrogens is 2. The molecule has 0 amide bonds. The number of hydrogen-bond acceptors (Lipinski definition) is 4. The third-order valence-corrected chi connectivity index (χ3v) is 3.55. The molecule has 4 nitrogen and oxygen atoms in total. The van der Waals surface area contributed by atoms with Crippen molar-refractivity contribution >= 4 is 18.0 Å². The first-order chi connectivity index (χ1) is 9.29. The van der Waals surface area contributed by atoms with E-state index in [4.69, 9.17) is 17.0 Å². The van der Waals surface area contributed by atoms with Crippen molar-refractivity contribution < 1.29 is 4.74 Å². The number of H-pyrrole nitrogens is 1. The van der Waals surface area contributed by atoms with Gasteiger partial charge in [-0.1, -0.05) is 38.4 Å². The number of anilines is 1. The summed E-state index contributed by atoms with van der Waals surface area (Å²) < 4.78 is 6.26. The van der Waals surface area contributed by atoms with Gasteiger partial charge in [0.2, 0.25) is 0 Å². The Morgan fingerprint density at radius 2 is 2.37 bits per heavy atom. The van der Waals surface area contributed by atoms with E-state index >= 15 is 0 Å². The van der Waals surface area contributed by atoms with Crippen molar-refractivity contribution in [3.05, 3.63) is 16.5 Å². The summed E-state index contributed by atoms with van der Waals surface area (Å²) in [4.78, 5) is 7.67. The Labute approximate surface area is 120 Å². The molecule has 2 N–H and O–H groups in total. The molecule has 2 heterocycles. The minimum absolute atomic E-state index is 0.0866. The maximum absolute atomic E-state index is 5.64. The monoisotopic (exact) mass is 281 g/mol. The van der Waals surface area contributed by atoms with Crippen LogP contribution in [0, 0.1) is 4.64 Å². The van der Waals surface area contributed by atoms with Gasteiger partial charge in [0.15, 0.2) is 0 Å². The Balaban J connectivity index is 1.91. The number of hydrogen-bond donors (Lipinski definition) is 2.